The van der Waals surface area contributed by atoms with E-state index in [9.17, 15) is 14.4 Å². The number of carboxylic acid groups (broad SMARTS) is 1. The highest BCUT2D eigenvalue weighted by Gasteiger charge is 2.35. The molecule has 0 aromatic heterocycles. The lowest BCUT2D eigenvalue weighted by molar-refractivity contribution is -0.142. The standard InChI is InChI=1S/C12H17N3O4/c1-3-8(4-2)14-12(19)15-6-5-13-11(18)9(15)7-10(16)17/h1,8-9H,4-7H2,2H3,(H,13,18)(H,14,19)(H,16,17). The van der Waals surface area contributed by atoms with Crippen molar-refractivity contribution in [1.82, 2.24) is 15.5 Å². The van der Waals surface area contributed by atoms with Crippen molar-refractivity contribution >= 4 is 17.9 Å². The Balaban J connectivity index is 2.76. The Morgan fingerprint density at radius 3 is 2.89 bits per heavy atom. The molecule has 3 N–H and O–H groups in total. The number of terminal acetylenes is 1. The number of rotatable bonds is 4. The smallest absolute Gasteiger partial charge is 0.319 e. The van der Waals surface area contributed by atoms with Gasteiger partial charge in [-0.1, -0.05) is 12.8 Å². The molecule has 104 valence electrons. The molecular weight excluding hydrogens is 250 g/mol. The maximum atomic E-state index is 12.0. The molecule has 2 atom stereocenters. The first kappa shape index (κ1) is 14.8. The lowest BCUT2D eigenvalue weighted by Crippen LogP contribution is -2.60. The number of hydrogen-bond donors (Lipinski definition) is 3. The highest BCUT2D eigenvalue weighted by atomic mass is 16.4. The molecule has 1 heterocycles. The van der Waals surface area contributed by atoms with Gasteiger partial charge >= 0.3 is 12.0 Å². The van der Waals surface area contributed by atoms with Gasteiger partial charge in [0.2, 0.25) is 5.91 Å². The van der Waals surface area contributed by atoms with Gasteiger partial charge < -0.3 is 20.6 Å². The molecule has 1 aliphatic heterocycles. The maximum absolute atomic E-state index is 12.0. The molecule has 0 spiro atoms. The minimum Gasteiger partial charge on any atom is -0.481 e. The van der Waals surface area contributed by atoms with Crippen LogP contribution in [-0.4, -0.2) is 53.1 Å². The number of nitrogens with zero attached hydrogens (tertiary/aromatic N) is 1. The third-order valence-corrected chi connectivity index (χ3v) is 2.87. The Kier molecular flexibility index (Phi) is 5.18. The van der Waals surface area contributed by atoms with E-state index in [-0.39, 0.29) is 6.54 Å². The van der Waals surface area contributed by atoms with Gasteiger partial charge in [-0.25, -0.2) is 4.79 Å². The fourth-order valence-corrected chi connectivity index (χ4v) is 1.82. The van der Waals surface area contributed by atoms with Crippen LogP contribution >= 0.6 is 0 Å². The summed E-state index contributed by atoms with van der Waals surface area (Å²) in [6.07, 6.45) is 5.38. The molecule has 0 radical (unpaired) electrons. The third-order valence-electron chi connectivity index (χ3n) is 2.87. The number of urea groups is 1. The fourth-order valence-electron chi connectivity index (χ4n) is 1.82. The van der Waals surface area contributed by atoms with Crippen molar-refractivity contribution in [3.8, 4) is 12.3 Å². The molecule has 0 bridgehead atoms. The Bertz CT molecular complexity index is 416. The van der Waals surface area contributed by atoms with Gasteiger partial charge in [-0.15, -0.1) is 6.42 Å². The Hall–Kier alpha value is -2.23. The van der Waals surface area contributed by atoms with Crippen molar-refractivity contribution in [3.05, 3.63) is 0 Å². The van der Waals surface area contributed by atoms with Crippen LogP contribution in [0.2, 0.25) is 0 Å². The second-order valence-corrected chi connectivity index (χ2v) is 4.18. The molecule has 3 amide bonds. The normalized spacial score (nSPS) is 20.1. The summed E-state index contributed by atoms with van der Waals surface area (Å²) in [5.41, 5.74) is 0. The minimum atomic E-state index is -1.14. The van der Waals surface area contributed by atoms with E-state index in [1.54, 1.807) is 0 Å². The largest absolute Gasteiger partial charge is 0.481 e. The molecule has 7 nitrogen and oxygen atoms in total. The highest BCUT2D eigenvalue weighted by Crippen LogP contribution is 2.09. The molecule has 0 saturated carbocycles. The van der Waals surface area contributed by atoms with Gasteiger partial charge in [-0.3, -0.25) is 9.59 Å². The summed E-state index contributed by atoms with van der Waals surface area (Å²) >= 11 is 0. The van der Waals surface area contributed by atoms with Gasteiger partial charge in [0.05, 0.1) is 12.5 Å². The van der Waals surface area contributed by atoms with Gasteiger partial charge in [-0.05, 0) is 6.42 Å². The lowest BCUT2D eigenvalue weighted by Gasteiger charge is -2.34. The molecule has 2 unspecified atom stereocenters. The van der Waals surface area contributed by atoms with Crippen LogP contribution in [0, 0.1) is 12.3 Å². The summed E-state index contributed by atoms with van der Waals surface area (Å²) in [5, 5.41) is 13.9. The first-order chi connectivity index (χ1) is 8.99. The van der Waals surface area contributed by atoms with E-state index in [2.05, 4.69) is 16.6 Å². The summed E-state index contributed by atoms with van der Waals surface area (Å²) in [5.74, 6) is 0.817. The number of carbonyl (C=O) groups excluding carboxylic acids is 2. The lowest BCUT2D eigenvalue weighted by atomic mass is 10.1. The van der Waals surface area contributed by atoms with Crippen molar-refractivity contribution < 1.29 is 19.5 Å². The second-order valence-electron chi connectivity index (χ2n) is 4.18. The number of piperazine rings is 1. The minimum absolute atomic E-state index is 0.260. The molecule has 0 aromatic rings. The molecule has 0 aliphatic carbocycles. The van der Waals surface area contributed by atoms with Crippen LogP contribution < -0.4 is 10.6 Å². The van der Waals surface area contributed by atoms with Gasteiger partial charge in [0.1, 0.15) is 6.04 Å². The quantitative estimate of drug-likeness (QED) is 0.591. The number of amides is 3. The van der Waals surface area contributed by atoms with Crippen LogP contribution in [0.15, 0.2) is 0 Å². The molecule has 1 saturated heterocycles. The van der Waals surface area contributed by atoms with Crippen molar-refractivity contribution in [2.24, 2.45) is 0 Å². The zero-order valence-corrected chi connectivity index (χ0v) is 10.7. The van der Waals surface area contributed by atoms with Crippen molar-refractivity contribution in [2.75, 3.05) is 13.1 Å². The summed E-state index contributed by atoms with van der Waals surface area (Å²) in [6, 6.07) is -1.93. The first-order valence-corrected chi connectivity index (χ1v) is 6.02. The molecule has 0 aromatic carbocycles. The Morgan fingerprint density at radius 1 is 1.68 bits per heavy atom. The molecular formula is C12H17N3O4. The van der Waals surface area contributed by atoms with Crippen LogP contribution in [-0.2, 0) is 9.59 Å². The van der Waals surface area contributed by atoms with E-state index in [1.165, 1.54) is 4.90 Å². The second kappa shape index (κ2) is 6.64. The van der Waals surface area contributed by atoms with Crippen LogP contribution in [0.5, 0.6) is 0 Å². The number of nitrogens with one attached hydrogen (secondary N) is 2. The van der Waals surface area contributed by atoms with Crippen LogP contribution in [0.4, 0.5) is 4.79 Å². The average Bonchev–Trinajstić information content (AvgIpc) is 2.37. The van der Waals surface area contributed by atoms with Crippen LogP contribution in [0.1, 0.15) is 19.8 Å². The van der Waals surface area contributed by atoms with E-state index in [4.69, 9.17) is 11.5 Å². The SMILES string of the molecule is C#CC(CC)NC(=O)N1CCNC(=O)C1CC(=O)O. The monoisotopic (exact) mass is 267 g/mol. The third kappa shape index (κ3) is 3.88. The van der Waals surface area contributed by atoms with Gasteiger partial charge in [0.15, 0.2) is 0 Å². The summed E-state index contributed by atoms with van der Waals surface area (Å²) in [6.45, 7) is 2.38. The number of aliphatic carboxylic acids is 1. The predicted octanol–water partition coefficient (Wildman–Crippen LogP) is -0.617. The van der Waals surface area contributed by atoms with E-state index in [0.29, 0.717) is 13.0 Å². The molecule has 1 aliphatic rings. The molecule has 19 heavy (non-hydrogen) atoms. The zero-order valence-electron chi connectivity index (χ0n) is 10.7. The van der Waals surface area contributed by atoms with Crippen LogP contribution in [0.3, 0.4) is 0 Å². The van der Waals surface area contributed by atoms with Crippen molar-refractivity contribution in [2.45, 2.75) is 31.8 Å². The topological polar surface area (TPSA) is 98.7 Å². The van der Waals surface area contributed by atoms with E-state index in [1.807, 2.05) is 6.92 Å². The summed E-state index contributed by atoms with van der Waals surface area (Å²) in [4.78, 5) is 35.6. The van der Waals surface area contributed by atoms with E-state index in [0.717, 1.165) is 0 Å². The van der Waals surface area contributed by atoms with E-state index < -0.39 is 36.4 Å². The highest BCUT2D eigenvalue weighted by molar-refractivity contribution is 5.91. The number of hydrogen-bond acceptors (Lipinski definition) is 3. The Labute approximate surface area is 111 Å². The fraction of sp³-hybridized carbons (Fsp3) is 0.583. The molecule has 1 fully saturated rings. The van der Waals surface area contributed by atoms with Crippen LogP contribution in [0.25, 0.3) is 0 Å². The van der Waals surface area contributed by atoms with Crippen molar-refractivity contribution in [3.63, 3.8) is 0 Å². The van der Waals surface area contributed by atoms with Gasteiger partial charge in [0, 0.05) is 13.1 Å². The molecule has 1 rings (SSSR count). The van der Waals surface area contributed by atoms with Gasteiger partial charge in [0.25, 0.3) is 0 Å². The number of carbonyl (C=O) groups is 3. The summed E-state index contributed by atoms with van der Waals surface area (Å²) in [7, 11) is 0. The molecule has 7 heteroatoms. The van der Waals surface area contributed by atoms with E-state index >= 15 is 0 Å². The summed E-state index contributed by atoms with van der Waals surface area (Å²) < 4.78 is 0. The number of carboxylic acids is 1. The maximum Gasteiger partial charge on any atom is 0.319 e. The first-order valence-electron chi connectivity index (χ1n) is 6.02. The zero-order chi connectivity index (χ0) is 14.4. The Morgan fingerprint density at radius 2 is 2.37 bits per heavy atom. The van der Waals surface area contributed by atoms with Gasteiger partial charge in [-0.2, -0.15) is 0 Å². The average molecular weight is 267 g/mol. The predicted molar refractivity (Wildman–Crippen MR) is 67.2 cm³/mol. The van der Waals surface area contributed by atoms with Crippen molar-refractivity contribution in [1.29, 1.82) is 0 Å².